The monoisotopic (exact) mass is 260 g/mol. The molecule has 104 valence electrons. The van der Waals surface area contributed by atoms with Crippen molar-refractivity contribution in [1.82, 2.24) is 5.32 Å². The first-order valence-electron chi connectivity index (χ1n) is 7.40. The molecule has 1 amide bonds. The molecule has 3 nitrogen and oxygen atoms in total. The summed E-state index contributed by atoms with van der Waals surface area (Å²) in [5.41, 5.74) is 2.64. The van der Waals surface area contributed by atoms with Crippen molar-refractivity contribution >= 4 is 11.6 Å². The van der Waals surface area contributed by atoms with E-state index in [9.17, 15) is 4.79 Å². The summed E-state index contributed by atoms with van der Waals surface area (Å²) >= 11 is 0. The fraction of sp³-hybridized carbons (Fsp3) is 0.562. The van der Waals surface area contributed by atoms with E-state index < -0.39 is 0 Å². The third-order valence-electron chi connectivity index (χ3n) is 3.76. The molecule has 0 bridgehead atoms. The van der Waals surface area contributed by atoms with Gasteiger partial charge in [-0.3, -0.25) is 4.79 Å². The van der Waals surface area contributed by atoms with Gasteiger partial charge in [0.2, 0.25) is 5.91 Å². The number of anilines is 1. The highest BCUT2D eigenvalue weighted by Gasteiger charge is 2.20. The quantitative estimate of drug-likeness (QED) is 0.739. The number of rotatable bonds is 7. The second-order valence-corrected chi connectivity index (χ2v) is 5.26. The number of nitrogens with one attached hydrogen (secondary N) is 2. The lowest BCUT2D eigenvalue weighted by atomic mass is 9.98. The van der Waals surface area contributed by atoms with Crippen LogP contribution >= 0.6 is 0 Å². The second-order valence-electron chi connectivity index (χ2n) is 5.26. The lowest BCUT2D eigenvalue weighted by molar-refractivity contribution is -0.121. The molecule has 1 aromatic rings. The molecule has 0 spiro atoms. The Labute approximate surface area is 115 Å². The van der Waals surface area contributed by atoms with Crippen LogP contribution in [0.3, 0.4) is 0 Å². The van der Waals surface area contributed by atoms with Crippen molar-refractivity contribution in [2.75, 3.05) is 18.4 Å². The lowest BCUT2D eigenvalue weighted by Crippen LogP contribution is -2.25. The minimum atomic E-state index is 0.202. The number of amides is 1. The van der Waals surface area contributed by atoms with Crippen LogP contribution in [0.4, 0.5) is 5.69 Å². The molecule has 0 saturated carbocycles. The zero-order valence-electron chi connectivity index (χ0n) is 11.7. The summed E-state index contributed by atoms with van der Waals surface area (Å²) in [6, 6.07) is 8.45. The van der Waals surface area contributed by atoms with Gasteiger partial charge >= 0.3 is 0 Å². The highest BCUT2D eigenvalue weighted by atomic mass is 16.1. The van der Waals surface area contributed by atoms with Crippen LogP contribution in [0.5, 0.6) is 0 Å². The molecule has 19 heavy (non-hydrogen) atoms. The number of para-hydroxylation sites is 1. The average Bonchev–Trinajstić information content (AvgIpc) is 2.83. The van der Waals surface area contributed by atoms with Gasteiger partial charge in [0.25, 0.3) is 0 Å². The average molecular weight is 260 g/mol. The molecule has 0 radical (unpaired) electrons. The topological polar surface area (TPSA) is 41.1 Å². The molecule has 1 aliphatic heterocycles. The molecule has 1 aromatic carbocycles. The van der Waals surface area contributed by atoms with Crippen LogP contribution in [0.15, 0.2) is 24.3 Å². The van der Waals surface area contributed by atoms with E-state index >= 15 is 0 Å². The molecular weight excluding hydrogens is 236 g/mol. The smallest absolute Gasteiger partial charge is 0.219 e. The Hall–Kier alpha value is -1.51. The summed E-state index contributed by atoms with van der Waals surface area (Å²) in [6.45, 7) is 3.93. The van der Waals surface area contributed by atoms with E-state index in [2.05, 4.69) is 41.8 Å². The van der Waals surface area contributed by atoms with Gasteiger partial charge in [-0.15, -0.1) is 0 Å². The highest BCUT2D eigenvalue weighted by Crippen LogP contribution is 2.32. The van der Waals surface area contributed by atoms with Crippen LogP contribution in [-0.2, 0) is 4.79 Å². The SMILES string of the molecule is CCCCCC(=O)NCCC1CNc2ccccc21. The Bertz CT molecular complexity index is 417. The summed E-state index contributed by atoms with van der Waals surface area (Å²) in [4.78, 5) is 11.6. The standard InChI is InChI=1S/C16H24N2O/c1-2-3-4-9-16(19)17-11-10-13-12-18-15-8-6-5-7-14(13)15/h5-8,13,18H,2-4,9-12H2,1H3,(H,17,19). The minimum absolute atomic E-state index is 0.202. The summed E-state index contributed by atoms with van der Waals surface area (Å²) in [7, 11) is 0. The number of unbranched alkanes of at least 4 members (excludes halogenated alkanes) is 2. The first kappa shape index (κ1) is 13.9. The number of benzene rings is 1. The third-order valence-corrected chi connectivity index (χ3v) is 3.76. The van der Waals surface area contributed by atoms with E-state index in [1.807, 2.05) is 0 Å². The Morgan fingerprint density at radius 1 is 1.37 bits per heavy atom. The first-order chi connectivity index (χ1) is 9.31. The van der Waals surface area contributed by atoms with Crippen LogP contribution < -0.4 is 10.6 Å². The predicted octanol–water partition coefficient (Wildman–Crippen LogP) is 3.28. The van der Waals surface area contributed by atoms with E-state index in [1.54, 1.807) is 0 Å². The number of hydrogen-bond acceptors (Lipinski definition) is 2. The van der Waals surface area contributed by atoms with Crippen molar-refractivity contribution in [2.24, 2.45) is 0 Å². The van der Waals surface area contributed by atoms with Gasteiger partial charge in [0, 0.05) is 31.1 Å². The zero-order chi connectivity index (χ0) is 13.5. The number of hydrogen-bond donors (Lipinski definition) is 2. The van der Waals surface area contributed by atoms with Crippen molar-refractivity contribution in [3.63, 3.8) is 0 Å². The Morgan fingerprint density at radius 3 is 3.05 bits per heavy atom. The third kappa shape index (κ3) is 3.98. The molecule has 0 aromatic heterocycles. The van der Waals surface area contributed by atoms with Gasteiger partial charge in [-0.25, -0.2) is 0 Å². The fourth-order valence-electron chi connectivity index (χ4n) is 2.62. The molecule has 3 heteroatoms. The van der Waals surface area contributed by atoms with E-state index in [-0.39, 0.29) is 5.91 Å². The lowest BCUT2D eigenvalue weighted by Gasteiger charge is -2.11. The van der Waals surface area contributed by atoms with Crippen molar-refractivity contribution in [1.29, 1.82) is 0 Å². The molecule has 1 unspecified atom stereocenters. The fourth-order valence-corrected chi connectivity index (χ4v) is 2.62. The second kappa shape index (κ2) is 7.17. The molecule has 2 rings (SSSR count). The zero-order valence-corrected chi connectivity index (χ0v) is 11.7. The van der Waals surface area contributed by atoms with Crippen molar-refractivity contribution < 1.29 is 4.79 Å². The Kier molecular flexibility index (Phi) is 5.25. The largest absolute Gasteiger partial charge is 0.384 e. The van der Waals surface area contributed by atoms with Gasteiger partial charge < -0.3 is 10.6 Å². The normalized spacial score (nSPS) is 16.8. The molecule has 1 heterocycles. The number of carbonyl (C=O) groups excluding carboxylic acids is 1. The molecule has 0 fully saturated rings. The molecular formula is C16H24N2O. The predicted molar refractivity (Wildman–Crippen MR) is 79.4 cm³/mol. The highest BCUT2D eigenvalue weighted by molar-refractivity contribution is 5.75. The van der Waals surface area contributed by atoms with Crippen LogP contribution in [-0.4, -0.2) is 19.0 Å². The molecule has 1 aliphatic rings. The Morgan fingerprint density at radius 2 is 2.21 bits per heavy atom. The van der Waals surface area contributed by atoms with Gasteiger partial charge in [0.1, 0.15) is 0 Å². The van der Waals surface area contributed by atoms with Crippen LogP contribution in [0.25, 0.3) is 0 Å². The summed E-state index contributed by atoms with van der Waals surface area (Å²) < 4.78 is 0. The first-order valence-corrected chi connectivity index (χ1v) is 7.40. The van der Waals surface area contributed by atoms with Crippen LogP contribution in [0.1, 0.15) is 50.5 Å². The van der Waals surface area contributed by atoms with Crippen molar-refractivity contribution in [3.8, 4) is 0 Å². The number of carbonyl (C=O) groups is 1. The van der Waals surface area contributed by atoms with Gasteiger partial charge in [-0.1, -0.05) is 38.0 Å². The van der Waals surface area contributed by atoms with Gasteiger partial charge in [-0.05, 0) is 24.5 Å². The summed E-state index contributed by atoms with van der Waals surface area (Å²) in [5.74, 6) is 0.736. The maximum absolute atomic E-state index is 11.6. The van der Waals surface area contributed by atoms with Crippen LogP contribution in [0.2, 0.25) is 0 Å². The number of fused-ring (bicyclic) bond motifs is 1. The summed E-state index contributed by atoms with van der Waals surface area (Å²) in [6.07, 6.45) is 5.01. The minimum Gasteiger partial charge on any atom is -0.384 e. The van der Waals surface area contributed by atoms with Gasteiger partial charge in [0.05, 0.1) is 0 Å². The van der Waals surface area contributed by atoms with E-state index in [0.717, 1.165) is 38.8 Å². The van der Waals surface area contributed by atoms with Gasteiger partial charge in [0.15, 0.2) is 0 Å². The summed E-state index contributed by atoms with van der Waals surface area (Å²) in [5, 5.41) is 6.45. The van der Waals surface area contributed by atoms with E-state index in [1.165, 1.54) is 11.3 Å². The molecule has 2 N–H and O–H groups in total. The Balaban J connectivity index is 1.68. The molecule has 1 atom stereocenters. The molecule has 0 saturated heterocycles. The van der Waals surface area contributed by atoms with Gasteiger partial charge in [-0.2, -0.15) is 0 Å². The van der Waals surface area contributed by atoms with Crippen molar-refractivity contribution in [2.45, 2.75) is 44.9 Å². The van der Waals surface area contributed by atoms with E-state index in [0.29, 0.717) is 12.3 Å². The van der Waals surface area contributed by atoms with Crippen molar-refractivity contribution in [3.05, 3.63) is 29.8 Å². The molecule has 0 aliphatic carbocycles. The maximum atomic E-state index is 11.6. The van der Waals surface area contributed by atoms with Crippen LogP contribution in [0, 0.1) is 0 Å². The van der Waals surface area contributed by atoms with E-state index in [4.69, 9.17) is 0 Å². The maximum Gasteiger partial charge on any atom is 0.219 e.